The van der Waals surface area contributed by atoms with E-state index in [9.17, 15) is 8.42 Å². The number of likely N-dealkylation sites (N-methyl/N-ethyl adjacent to an activating group) is 1. The topological polar surface area (TPSA) is 133 Å². The number of hydrogen-bond donors (Lipinski definition) is 2. The van der Waals surface area contributed by atoms with Gasteiger partial charge >= 0.3 is 10.4 Å². The summed E-state index contributed by atoms with van der Waals surface area (Å²) in [5.41, 5.74) is 1.50. The molecule has 0 unspecified atom stereocenters. The number of hydrogen-bond acceptors (Lipinski definition) is 8. The van der Waals surface area contributed by atoms with E-state index in [1.165, 1.54) is 6.33 Å². The van der Waals surface area contributed by atoms with Gasteiger partial charge in [-0.15, -0.1) is 20.4 Å². The Kier molecular flexibility index (Phi) is 5.73. The second-order valence-corrected chi connectivity index (χ2v) is 5.45. The Morgan fingerprint density at radius 1 is 1.30 bits per heavy atom. The highest BCUT2D eigenvalue weighted by atomic mass is 32.3. The Balaban J connectivity index is 1.96. The van der Waals surface area contributed by atoms with Crippen LogP contribution in [0.1, 0.15) is 6.92 Å². The van der Waals surface area contributed by atoms with E-state index < -0.39 is 10.4 Å². The zero-order valence-electron chi connectivity index (χ0n) is 12.3. The molecule has 1 heterocycles. The Morgan fingerprint density at radius 2 is 2.04 bits per heavy atom. The molecule has 0 saturated carbocycles. The number of H-pyrrole nitrogens is 1. The van der Waals surface area contributed by atoms with E-state index in [0.29, 0.717) is 24.7 Å². The summed E-state index contributed by atoms with van der Waals surface area (Å²) in [5, 5.41) is 15.2. The fraction of sp³-hybridized carbons (Fsp3) is 0.333. The maximum atomic E-state index is 10.5. The van der Waals surface area contributed by atoms with Crippen molar-refractivity contribution >= 4 is 27.7 Å². The minimum absolute atomic E-state index is 0.139. The third-order valence-corrected chi connectivity index (χ3v) is 3.32. The van der Waals surface area contributed by atoms with Crippen LogP contribution in [0.3, 0.4) is 0 Å². The smallest absolute Gasteiger partial charge is 0.369 e. The normalized spacial score (nSPS) is 11.9. The number of nitrogens with one attached hydrogen (secondary N) is 1. The monoisotopic (exact) mass is 340 g/mol. The van der Waals surface area contributed by atoms with Crippen LogP contribution in [0, 0.1) is 0 Å². The highest BCUT2D eigenvalue weighted by Crippen LogP contribution is 2.21. The number of benzene rings is 1. The molecule has 0 fully saturated rings. The molecule has 0 spiro atoms. The number of aromatic nitrogens is 3. The zero-order chi connectivity index (χ0) is 16.7. The van der Waals surface area contributed by atoms with Crippen molar-refractivity contribution in [3.63, 3.8) is 0 Å². The predicted octanol–water partition coefficient (Wildman–Crippen LogP) is 1.87. The molecule has 2 N–H and O–H groups in total. The summed E-state index contributed by atoms with van der Waals surface area (Å²) in [6, 6.07) is 7.18. The summed E-state index contributed by atoms with van der Waals surface area (Å²) in [6.45, 7) is 2.74. The van der Waals surface area contributed by atoms with E-state index in [1.54, 1.807) is 12.1 Å². The Labute approximate surface area is 133 Å². The third kappa shape index (κ3) is 5.73. The SMILES string of the molecule is CCN(CCOS(=O)(=O)O)c1ccc(/N=N/c2nnc[nH]2)cc1. The maximum Gasteiger partial charge on any atom is 0.397 e. The van der Waals surface area contributed by atoms with Gasteiger partial charge < -0.3 is 9.88 Å². The molecular weight excluding hydrogens is 324 g/mol. The Morgan fingerprint density at radius 3 is 2.61 bits per heavy atom. The van der Waals surface area contributed by atoms with Crippen molar-refractivity contribution < 1.29 is 17.2 Å². The van der Waals surface area contributed by atoms with Gasteiger partial charge in [0.2, 0.25) is 0 Å². The van der Waals surface area contributed by atoms with Crippen LogP contribution in [0.4, 0.5) is 17.3 Å². The first kappa shape index (κ1) is 17.0. The standard InChI is InChI=1S/C12H16N6O4S/c1-2-18(7-8-22-23(19,20)21)11-5-3-10(4-6-11)15-17-12-13-9-14-16-12/h3-6,9H,2,7-8H2,1H3,(H,13,14,16)(H,19,20,21)/b17-15+. The van der Waals surface area contributed by atoms with Crippen LogP contribution in [0.25, 0.3) is 0 Å². The number of nitrogens with zero attached hydrogens (tertiary/aromatic N) is 5. The first-order valence-electron chi connectivity index (χ1n) is 6.72. The van der Waals surface area contributed by atoms with Gasteiger partial charge in [0, 0.05) is 18.8 Å². The molecule has 0 bridgehead atoms. The summed E-state index contributed by atoms with van der Waals surface area (Å²) in [4.78, 5) is 4.60. The van der Waals surface area contributed by atoms with E-state index in [4.69, 9.17) is 4.55 Å². The minimum Gasteiger partial charge on any atom is -0.369 e. The van der Waals surface area contributed by atoms with Gasteiger partial charge in [-0.2, -0.15) is 8.42 Å². The molecule has 0 radical (unpaired) electrons. The van der Waals surface area contributed by atoms with Gasteiger partial charge in [-0.25, -0.2) is 4.18 Å². The molecular formula is C12H16N6O4S. The van der Waals surface area contributed by atoms with E-state index in [1.807, 2.05) is 24.0 Å². The first-order chi connectivity index (χ1) is 11.0. The van der Waals surface area contributed by atoms with E-state index >= 15 is 0 Å². The number of azo groups is 1. The van der Waals surface area contributed by atoms with Gasteiger partial charge in [0.15, 0.2) is 0 Å². The van der Waals surface area contributed by atoms with Crippen LogP contribution in [0.15, 0.2) is 40.8 Å². The average Bonchev–Trinajstić information content (AvgIpc) is 3.03. The van der Waals surface area contributed by atoms with Gasteiger partial charge in [-0.1, -0.05) is 0 Å². The Bertz CT molecular complexity index is 729. The van der Waals surface area contributed by atoms with Crippen LogP contribution in [-0.2, 0) is 14.6 Å². The summed E-state index contributed by atoms with van der Waals surface area (Å²) < 4.78 is 33.9. The lowest BCUT2D eigenvalue weighted by Crippen LogP contribution is -2.27. The van der Waals surface area contributed by atoms with Crippen molar-refractivity contribution in [3.05, 3.63) is 30.6 Å². The van der Waals surface area contributed by atoms with Gasteiger partial charge in [0.25, 0.3) is 5.95 Å². The third-order valence-electron chi connectivity index (χ3n) is 2.85. The van der Waals surface area contributed by atoms with Crippen molar-refractivity contribution in [1.29, 1.82) is 0 Å². The van der Waals surface area contributed by atoms with Crippen molar-refractivity contribution in [1.82, 2.24) is 15.2 Å². The second-order valence-electron chi connectivity index (χ2n) is 4.36. The van der Waals surface area contributed by atoms with Gasteiger partial charge in [0.05, 0.1) is 12.3 Å². The summed E-state index contributed by atoms with van der Waals surface area (Å²) >= 11 is 0. The zero-order valence-corrected chi connectivity index (χ0v) is 13.1. The van der Waals surface area contributed by atoms with Crippen LogP contribution in [0.5, 0.6) is 0 Å². The highest BCUT2D eigenvalue weighted by molar-refractivity contribution is 7.80. The lowest BCUT2D eigenvalue weighted by atomic mass is 10.2. The highest BCUT2D eigenvalue weighted by Gasteiger charge is 2.08. The fourth-order valence-corrected chi connectivity index (χ4v) is 2.09. The lowest BCUT2D eigenvalue weighted by Gasteiger charge is -2.22. The molecule has 0 saturated heterocycles. The van der Waals surface area contributed by atoms with Crippen molar-refractivity contribution in [3.8, 4) is 0 Å². The molecule has 2 rings (SSSR count). The summed E-state index contributed by atoms with van der Waals surface area (Å²) in [5.74, 6) is 0.312. The van der Waals surface area contributed by atoms with Gasteiger partial charge in [-0.05, 0) is 31.2 Å². The van der Waals surface area contributed by atoms with Crippen LogP contribution < -0.4 is 4.90 Å². The number of anilines is 1. The molecule has 1 aromatic heterocycles. The molecule has 2 aromatic rings. The minimum atomic E-state index is -4.41. The number of aromatic amines is 1. The molecule has 0 atom stereocenters. The molecule has 1 aromatic carbocycles. The van der Waals surface area contributed by atoms with E-state index in [-0.39, 0.29) is 6.61 Å². The molecule has 124 valence electrons. The van der Waals surface area contributed by atoms with Crippen LogP contribution >= 0.6 is 0 Å². The van der Waals surface area contributed by atoms with E-state index in [2.05, 4.69) is 29.6 Å². The van der Waals surface area contributed by atoms with E-state index in [0.717, 1.165) is 5.69 Å². The maximum absolute atomic E-state index is 10.5. The first-order valence-corrected chi connectivity index (χ1v) is 8.09. The van der Waals surface area contributed by atoms with Crippen molar-refractivity contribution in [2.75, 3.05) is 24.6 Å². The fourth-order valence-electron chi connectivity index (χ4n) is 1.81. The summed E-state index contributed by atoms with van der Waals surface area (Å²) in [6.07, 6.45) is 1.41. The average molecular weight is 340 g/mol. The molecule has 11 heteroatoms. The van der Waals surface area contributed by atoms with Gasteiger partial charge in [-0.3, -0.25) is 4.55 Å². The molecule has 0 aliphatic rings. The van der Waals surface area contributed by atoms with Crippen molar-refractivity contribution in [2.45, 2.75) is 6.92 Å². The molecule has 0 aliphatic carbocycles. The second kappa shape index (κ2) is 7.76. The molecule has 0 aliphatic heterocycles. The lowest BCUT2D eigenvalue weighted by molar-refractivity contribution is 0.274. The molecule has 10 nitrogen and oxygen atoms in total. The predicted molar refractivity (Wildman–Crippen MR) is 82.4 cm³/mol. The molecule has 23 heavy (non-hydrogen) atoms. The summed E-state index contributed by atoms with van der Waals surface area (Å²) in [7, 11) is -4.41. The van der Waals surface area contributed by atoms with Crippen LogP contribution in [-0.4, -0.2) is 47.8 Å². The van der Waals surface area contributed by atoms with Gasteiger partial charge in [0.1, 0.15) is 6.33 Å². The Hall–Kier alpha value is -2.37. The quantitative estimate of drug-likeness (QED) is 0.553. The van der Waals surface area contributed by atoms with Crippen molar-refractivity contribution in [2.24, 2.45) is 10.2 Å². The van der Waals surface area contributed by atoms with Crippen LogP contribution in [0.2, 0.25) is 0 Å². The number of rotatable bonds is 8. The largest absolute Gasteiger partial charge is 0.397 e. The molecule has 0 amide bonds.